The number of likely N-dealkylation sites (N-methyl/N-ethyl adjacent to an activating group) is 1. The predicted molar refractivity (Wildman–Crippen MR) is 79.2 cm³/mol. The van der Waals surface area contributed by atoms with E-state index >= 15 is 0 Å². The van der Waals surface area contributed by atoms with Crippen molar-refractivity contribution in [1.29, 1.82) is 0 Å². The summed E-state index contributed by atoms with van der Waals surface area (Å²) >= 11 is 1.82. The first kappa shape index (κ1) is 12.3. The Morgan fingerprint density at radius 1 is 1.21 bits per heavy atom. The highest BCUT2D eigenvalue weighted by Gasteiger charge is 2.50. The van der Waals surface area contributed by atoms with Gasteiger partial charge in [0.2, 0.25) is 0 Å². The van der Waals surface area contributed by atoms with Crippen LogP contribution in [0.5, 0.6) is 0 Å². The smallest absolute Gasteiger partial charge is 0.0794 e. The Bertz CT molecular complexity index is 400. The summed E-state index contributed by atoms with van der Waals surface area (Å²) in [6.07, 6.45) is 10.9. The molecule has 4 saturated carbocycles. The van der Waals surface area contributed by atoms with Gasteiger partial charge in [-0.1, -0.05) is 0 Å². The maximum absolute atomic E-state index is 4.24. The minimum Gasteiger partial charge on any atom is -0.316 e. The maximum Gasteiger partial charge on any atom is 0.0794 e. The summed E-state index contributed by atoms with van der Waals surface area (Å²) in [5.41, 5.74) is 1.97. The molecule has 0 radical (unpaired) electrons. The lowest BCUT2D eigenvalue weighted by Gasteiger charge is -2.56. The van der Waals surface area contributed by atoms with Gasteiger partial charge in [0.25, 0.3) is 0 Å². The molecule has 4 bridgehead atoms. The van der Waals surface area contributed by atoms with Crippen LogP contribution in [0.1, 0.15) is 37.0 Å². The first-order chi connectivity index (χ1) is 9.33. The van der Waals surface area contributed by atoms with E-state index in [0.29, 0.717) is 6.04 Å². The third-order valence-electron chi connectivity index (χ3n) is 6.04. The second kappa shape index (κ2) is 4.85. The molecule has 0 aromatic carbocycles. The van der Waals surface area contributed by atoms with Gasteiger partial charge in [-0.2, -0.15) is 0 Å². The van der Waals surface area contributed by atoms with Gasteiger partial charge < -0.3 is 5.32 Å². The zero-order valence-corrected chi connectivity index (χ0v) is 12.5. The lowest BCUT2D eigenvalue weighted by atomic mass is 9.50. The Hall–Kier alpha value is -0.410. The molecule has 3 heteroatoms. The van der Waals surface area contributed by atoms with E-state index in [1.165, 1.54) is 37.0 Å². The summed E-state index contributed by atoms with van der Waals surface area (Å²) in [7, 11) is 2.16. The Balaban J connectivity index is 1.53. The average Bonchev–Trinajstić information content (AvgIpc) is 2.89. The van der Waals surface area contributed by atoms with Crippen LogP contribution in [0.4, 0.5) is 0 Å². The number of nitrogens with zero attached hydrogens (tertiary/aromatic N) is 1. The van der Waals surface area contributed by atoms with Crippen LogP contribution in [0, 0.1) is 29.6 Å². The van der Waals surface area contributed by atoms with E-state index in [9.17, 15) is 0 Å². The molecule has 1 N–H and O–H groups in total. The molecule has 1 aromatic heterocycles. The molecule has 0 aliphatic heterocycles. The highest BCUT2D eigenvalue weighted by molar-refractivity contribution is 7.09. The molecule has 4 fully saturated rings. The molecule has 1 atom stereocenters. The number of thiazole rings is 1. The SMILES string of the molecule is CNC(Cc1cncs1)C1C2CC3CC(C2)CC1C3. The Kier molecular flexibility index (Phi) is 3.15. The number of hydrogen-bond donors (Lipinski definition) is 1. The minimum atomic E-state index is 0.676. The van der Waals surface area contributed by atoms with E-state index in [1.807, 2.05) is 16.8 Å². The zero-order valence-electron chi connectivity index (χ0n) is 11.7. The van der Waals surface area contributed by atoms with E-state index in [1.54, 1.807) is 6.42 Å². The predicted octanol–water partition coefficient (Wildman–Crippen LogP) is 3.35. The molecular weight excluding hydrogens is 252 g/mol. The van der Waals surface area contributed by atoms with Gasteiger partial charge in [-0.3, -0.25) is 4.98 Å². The standard InChI is InChI=1S/C16H24N2S/c1-17-15(7-14-8-18-9-19-14)16-12-3-10-2-11(5-12)6-13(16)4-10/h8-13,15-17H,2-7H2,1H3. The summed E-state index contributed by atoms with van der Waals surface area (Å²) in [4.78, 5) is 5.69. The third-order valence-corrected chi connectivity index (χ3v) is 6.84. The highest BCUT2D eigenvalue weighted by Crippen LogP contribution is 2.57. The third kappa shape index (κ3) is 2.15. The van der Waals surface area contributed by atoms with Crippen LogP contribution in [-0.2, 0) is 6.42 Å². The molecule has 2 nitrogen and oxygen atoms in total. The van der Waals surface area contributed by atoms with Crippen molar-refractivity contribution >= 4 is 11.3 Å². The van der Waals surface area contributed by atoms with E-state index in [-0.39, 0.29) is 0 Å². The fourth-order valence-corrected chi connectivity index (χ4v) is 6.27. The molecule has 104 valence electrons. The van der Waals surface area contributed by atoms with E-state index < -0.39 is 0 Å². The summed E-state index contributed by atoms with van der Waals surface area (Å²) in [5.74, 6) is 5.13. The largest absolute Gasteiger partial charge is 0.316 e. The van der Waals surface area contributed by atoms with Crippen LogP contribution in [0.15, 0.2) is 11.7 Å². The van der Waals surface area contributed by atoms with Gasteiger partial charge in [-0.05, 0) is 75.2 Å². The van der Waals surface area contributed by atoms with Gasteiger partial charge in [0.05, 0.1) is 5.51 Å². The Morgan fingerprint density at radius 2 is 1.89 bits per heavy atom. The number of aromatic nitrogens is 1. The maximum atomic E-state index is 4.24. The number of rotatable bonds is 4. The molecule has 5 rings (SSSR count). The number of hydrogen-bond acceptors (Lipinski definition) is 3. The lowest BCUT2D eigenvalue weighted by molar-refractivity contribution is -0.0506. The molecular formula is C16H24N2S. The molecule has 19 heavy (non-hydrogen) atoms. The topological polar surface area (TPSA) is 24.9 Å². The average molecular weight is 276 g/mol. The fraction of sp³-hybridized carbons (Fsp3) is 0.812. The number of nitrogens with one attached hydrogen (secondary N) is 1. The summed E-state index contributed by atoms with van der Waals surface area (Å²) < 4.78 is 0. The van der Waals surface area contributed by atoms with Crippen molar-refractivity contribution in [1.82, 2.24) is 10.3 Å². The van der Waals surface area contributed by atoms with Gasteiger partial charge in [0.1, 0.15) is 0 Å². The van der Waals surface area contributed by atoms with Crippen molar-refractivity contribution in [3.63, 3.8) is 0 Å². The van der Waals surface area contributed by atoms with Crippen molar-refractivity contribution in [2.24, 2.45) is 29.6 Å². The van der Waals surface area contributed by atoms with Crippen LogP contribution in [0.2, 0.25) is 0 Å². The Labute approximate surface area is 120 Å². The molecule has 1 aromatic rings. The van der Waals surface area contributed by atoms with Crippen molar-refractivity contribution < 1.29 is 0 Å². The highest BCUT2D eigenvalue weighted by atomic mass is 32.1. The minimum absolute atomic E-state index is 0.676. The first-order valence-electron chi connectivity index (χ1n) is 7.88. The summed E-state index contributed by atoms with van der Waals surface area (Å²) in [5, 5.41) is 3.65. The van der Waals surface area contributed by atoms with Gasteiger partial charge in [-0.15, -0.1) is 11.3 Å². The van der Waals surface area contributed by atoms with Crippen molar-refractivity contribution in [2.45, 2.75) is 44.6 Å². The monoisotopic (exact) mass is 276 g/mol. The van der Waals surface area contributed by atoms with E-state index in [2.05, 4.69) is 23.5 Å². The second-order valence-electron chi connectivity index (χ2n) is 7.08. The van der Waals surface area contributed by atoms with Gasteiger partial charge >= 0.3 is 0 Å². The van der Waals surface area contributed by atoms with Gasteiger partial charge in [0.15, 0.2) is 0 Å². The molecule has 4 aliphatic carbocycles. The van der Waals surface area contributed by atoms with Crippen LogP contribution >= 0.6 is 11.3 Å². The van der Waals surface area contributed by atoms with Crippen LogP contribution in [0.25, 0.3) is 0 Å². The van der Waals surface area contributed by atoms with Crippen LogP contribution in [-0.4, -0.2) is 18.1 Å². The molecule has 4 aliphatic rings. The normalized spacial score (nSPS) is 41.6. The Morgan fingerprint density at radius 3 is 2.42 bits per heavy atom. The molecule has 1 unspecified atom stereocenters. The fourth-order valence-electron chi connectivity index (χ4n) is 5.61. The van der Waals surface area contributed by atoms with Crippen molar-refractivity contribution in [3.8, 4) is 0 Å². The van der Waals surface area contributed by atoms with Gasteiger partial charge in [-0.25, -0.2) is 0 Å². The zero-order chi connectivity index (χ0) is 12.8. The van der Waals surface area contributed by atoms with Crippen molar-refractivity contribution in [3.05, 3.63) is 16.6 Å². The molecule has 1 heterocycles. The summed E-state index contributed by atoms with van der Waals surface area (Å²) in [6, 6.07) is 0.676. The van der Waals surface area contributed by atoms with E-state index in [4.69, 9.17) is 0 Å². The lowest BCUT2D eigenvalue weighted by Crippen LogP contribution is -2.53. The molecule has 0 saturated heterocycles. The van der Waals surface area contributed by atoms with Crippen LogP contribution in [0.3, 0.4) is 0 Å². The van der Waals surface area contributed by atoms with E-state index in [0.717, 1.165) is 29.6 Å². The van der Waals surface area contributed by atoms with Crippen molar-refractivity contribution in [2.75, 3.05) is 7.05 Å². The molecule has 0 amide bonds. The second-order valence-corrected chi connectivity index (χ2v) is 8.05. The quantitative estimate of drug-likeness (QED) is 0.912. The van der Waals surface area contributed by atoms with Crippen LogP contribution < -0.4 is 5.32 Å². The molecule has 0 spiro atoms. The summed E-state index contributed by atoms with van der Waals surface area (Å²) in [6.45, 7) is 0. The first-order valence-corrected chi connectivity index (χ1v) is 8.76. The van der Waals surface area contributed by atoms with Gasteiger partial charge in [0, 0.05) is 17.1 Å².